The fourth-order valence-electron chi connectivity index (χ4n) is 4.52. The number of nitrogens with zero attached hydrogens (tertiary/aromatic N) is 2. The molecule has 32 heavy (non-hydrogen) atoms. The quantitative estimate of drug-likeness (QED) is 0.447. The van der Waals surface area contributed by atoms with Gasteiger partial charge in [0.1, 0.15) is 0 Å². The van der Waals surface area contributed by atoms with E-state index in [-0.39, 0.29) is 12.1 Å². The van der Waals surface area contributed by atoms with Crippen LogP contribution in [0.3, 0.4) is 0 Å². The first kappa shape index (κ1) is 25.6. The van der Waals surface area contributed by atoms with Gasteiger partial charge in [-0.15, -0.1) is 0 Å². The third kappa shape index (κ3) is 7.24. The molecular formula is C25H34Cl3N3O. The second-order valence-electron chi connectivity index (χ2n) is 8.66. The molecule has 3 rings (SSSR count). The molecule has 7 heteroatoms. The summed E-state index contributed by atoms with van der Waals surface area (Å²) in [5.74, 6) is 0. The molecule has 0 bridgehead atoms. The van der Waals surface area contributed by atoms with Gasteiger partial charge < -0.3 is 15.3 Å². The van der Waals surface area contributed by atoms with Crippen LogP contribution in [0.15, 0.2) is 53.7 Å². The lowest BCUT2D eigenvalue weighted by Gasteiger charge is -2.42. The van der Waals surface area contributed by atoms with E-state index in [1.165, 1.54) is 0 Å². The first-order valence-electron chi connectivity index (χ1n) is 11.4. The van der Waals surface area contributed by atoms with Gasteiger partial charge in [-0.2, -0.15) is 0 Å². The fraction of sp³-hybridized carbons (Fsp3) is 0.520. The Labute approximate surface area is 207 Å². The molecule has 1 aliphatic carbocycles. The Hall–Kier alpha value is -1.01. The number of piperazine rings is 1. The Balaban J connectivity index is 1.49. The average molecular weight is 499 g/mol. The summed E-state index contributed by atoms with van der Waals surface area (Å²) in [6.45, 7) is 10.6. The van der Waals surface area contributed by atoms with Crippen molar-refractivity contribution < 1.29 is 5.11 Å². The van der Waals surface area contributed by atoms with Crippen LogP contribution in [-0.2, 0) is 0 Å². The third-order valence-electron chi connectivity index (χ3n) is 6.51. The zero-order valence-corrected chi connectivity index (χ0v) is 21.0. The Morgan fingerprint density at radius 2 is 1.84 bits per heavy atom. The predicted molar refractivity (Wildman–Crippen MR) is 137 cm³/mol. The van der Waals surface area contributed by atoms with Gasteiger partial charge in [0.25, 0.3) is 0 Å². The molecule has 1 heterocycles. The molecule has 2 fully saturated rings. The van der Waals surface area contributed by atoms with E-state index in [4.69, 9.17) is 34.8 Å². The van der Waals surface area contributed by atoms with Crippen LogP contribution >= 0.6 is 34.8 Å². The summed E-state index contributed by atoms with van der Waals surface area (Å²) in [4.78, 5) is 4.95. The molecule has 0 aromatic heterocycles. The first-order valence-corrected chi connectivity index (χ1v) is 12.5. The zero-order valence-electron chi connectivity index (χ0n) is 18.7. The average Bonchev–Trinajstić information content (AvgIpc) is 2.79. The van der Waals surface area contributed by atoms with E-state index < -0.39 is 0 Å². The smallest absolute Gasteiger partial charge is 0.0541 e. The van der Waals surface area contributed by atoms with E-state index in [0.29, 0.717) is 22.6 Å². The summed E-state index contributed by atoms with van der Waals surface area (Å²) in [7, 11) is 0. The van der Waals surface area contributed by atoms with Gasteiger partial charge in [0, 0.05) is 65.6 Å². The molecule has 0 amide bonds. The van der Waals surface area contributed by atoms with E-state index in [9.17, 15) is 5.11 Å². The van der Waals surface area contributed by atoms with Crippen LogP contribution in [-0.4, -0.2) is 59.8 Å². The van der Waals surface area contributed by atoms with Crippen LogP contribution in [0, 0.1) is 0 Å². The molecule has 1 saturated heterocycles. The summed E-state index contributed by atoms with van der Waals surface area (Å²) < 4.78 is 0. The van der Waals surface area contributed by atoms with Crippen LogP contribution in [0.4, 0.5) is 0 Å². The summed E-state index contributed by atoms with van der Waals surface area (Å²) in [5.41, 5.74) is 2.09. The lowest BCUT2D eigenvalue weighted by Crippen LogP contribution is -2.50. The standard InChI is InChI=1S/C25H34Cl3N3O/c1-3-21(30-12-14-31(15-13-30)22-7-9-23(32)10-8-22)6-4-20(27)17-29-18(2)24-11-5-19(26)16-25(24)28/h3-6,11,16,18,22-23,29,32H,1,7-10,12-15,17H2,2H3/b20-4+,21-6+/t18-,22-,23-/m1/s1. The molecular weight excluding hydrogens is 465 g/mol. The van der Waals surface area contributed by atoms with Crippen molar-refractivity contribution in [2.75, 3.05) is 32.7 Å². The van der Waals surface area contributed by atoms with Crippen molar-refractivity contribution in [2.24, 2.45) is 0 Å². The minimum Gasteiger partial charge on any atom is -0.393 e. The summed E-state index contributed by atoms with van der Waals surface area (Å²) in [5, 5.41) is 15.2. The molecule has 0 radical (unpaired) electrons. The van der Waals surface area contributed by atoms with Crippen LogP contribution in [0.5, 0.6) is 0 Å². The highest BCUT2D eigenvalue weighted by Crippen LogP contribution is 2.27. The lowest BCUT2D eigenvalue weighted by atomic mass is 9.91. The highest BCUT2D eigenvalue weighted by Gasteiger charge is 2.27. The molecule has 1 aromatic rings. The minimum atomic E-state index is -0.0972. The van der Waals surface area contributed by atoms with Gasteiger partial charge in [-0.25, -0.2) is 0 Å². The maximum Gasteiger partial charge on any atom is 0.0541 e. The molecule has 2 aliphatic rings. The predicted octanol–water partition coefficient (Wildman–Crippen LogP) is 5.76. The second-order valence-corrected chi connectivity index (χ2v) is 9.99. The highest BCUT2D eigenvalue weighted by atomic mass is 35.5. The summed E-state index contributed by atoms with van der Waals surface area (Å²) in [6, 6.07) is 6.21. The van der Waals surface area contributed by atoms with Gasteiger partial charge in [0.2, 0.25) is 0 Å². The van der Waals surface area contributed by atoms with Crippen LogP contribution in [0.1, 0.15) is 44.2 Å². The van der Waals surface area contributed by atoms with Gasteiger partial charge in [-0.05, 0) is 68.5 Å². The van der Waals surface area contributed by atoms with Crippen LogP contribution < -0.4 is 5.32 Å². The van der Waals surface area contributed by atoms with Crippen molar-refractivity contribution in [3.05, 3.63) is 69.3 Å². The lowest BCUT2D eigenvalue weighted by molar-refractivity contribution is 0.0520. The van der Waals surface area contributed by atoms with Gasteiger partial charge in [0.15, 0.2) is 0 Å². The number of aliphatic hydroxyl groups excluding tert-OH is 1. The molecule has 1 aromatic carbocycles. The number of halogens is 3. The molecule has 1 atom stereocenters. The minimum absolute atomic E-state index is 0.0544. The number of aliphatic hydroxyl groups is 1. The number of hydrogen-bond donors (Lipinski definition) is 2. The van der Waals surface area contributed by atoms with Crippen molar-refractivity contribution in [3.63, 3.8) is 0 Å². The number of allylic oxidation sites excluding steroid dienone is 3. The van der Waals surface area contributed by atoms with Crippen molar-refractivity contribution in [2.45, 2.75) is 50.8 Å². The number of rotatable bonds is 8. The van der Waals surface area contributed by atoms with Crippen molar-refractivity contribution in [3.8, 4) is 0 Å². The molecule has 2 N–H and O–H groups in total. The Morgan fingerprint density at radius 1 is 1.16 bits per heavy atom. The monoisotopic (exact) mass is 497 g/mol. The maximum absolute atomic E-state index is 9.75. The van der Waals surface area contributed by atoms with Crippen LogP contribution in [0.2, 0.25) is 10.0 Å². The largest absolute Gasteiger partial charge is 0.393 e. The normalized spacial score (nSPS) is 24.5. The summed E-state index contributed by atoms with van der Waals surface area (Å²) in [6.07, 6.45) is 9.87. The van der Waals surface area contributed by atoms with E-state index in [1.807, 2.05) is 30.4 Å². The molecule has 0 spiro atoms. The van der Waals surface area contributed by atoms with Crippen LogP contribution in [0.25, 0.3) is 0 Å². The second kappa shape index (κ2) is 12.5. The zero-order chi connectivity index (χ0) is 23.1. The SMILES string of the molecule is C=C/C(=C\C=C(\Cl)CN[C@H](C)c1ccc(Cl)cc1Cl)N1CCN([C@H]2CC[C@H](O)CC2)CC1. The van der Waals surface area contributed by atoms with Gasteiger partial charge in [-0.1, -0.05) is 47.4 Å². The van der Waals surface area contributed by atoms with Crippen molar-refractivity contribution in [1.29, 1.82) is 0 Å². The summed E-state index contributed by atoms with van der Waals surface area (Å²) >= 11 is 18.8. The molecule has 0 unspecified atom stereocenters. The highest BCUT2D eigenvalue weighted by molar-refractivity contribution is 6.35. The molecule has 176 valence electrons. The van der Waals surface area contributed by atoms with Gasteiger partial charge >= 0.3 is 0 Å². The number of hydrogen-bond acceptors (Lipinski definition) is 4. The Bertz CT molecular complexity index is 826. The topological polar surface area (TPSA) is 38.7 Å². The van der Waals surface area contributed by atoms with E-state index in [1.54, 1.807) is 6.07 Å². The third-order valence-corrected chi connectivity index (χ3v) is 7.33. The molecule has 1 saturated carbocycles. The Kier molecular flexibility index (Phi) is 9.97. The van der Waals surface area contributed by atoms with Crippen molar-refractivity contribution >= 4 is 34.8 Å². The van der Waals surface area contributed by atoms with Gasteiger partial charge in [-0.3, -0.25) is 4.90 Å². The van der Waals surface area contributed by atoms with Crippen molar-refractivity contribution in [1.82, 2.24) is 15.1 Å². The van der Waals surface area contributed by atoms with E-state index in [2.05, 4.69) is 28.6 Å². The van der Waals surface area contributed by atoms with E-state index >= 15 is 0 Å². The number of nitrogens with one attached hydrogen (secondary N) is 1. The van der Waals surface area contributed by atoms with E-state index in [0.717, 1.165) is 68.2 Å². The van der Waals surface area contributed by atoms with Gasteiger partial charge in [0.05, 0.1) is 6.10 Å². The maximum atomic E-state index is 9.75. The Morgan fingerprint density at radius 3 is 2.47 bits per heavy atom. The molecule has 4 nitrogen and oxygen atoms in total. The molecule has 1 aliphatic heterocycles. The fourth-order valence-corrected chi connectivity index (χ4v) is 5.23. The first-order chi connectivity index (χ1) is 15.4. The number of benzene rings is 1.